The van der Waals surface area contributed by atoms with Crippen LogP contribution in [0.5, 0.6) is 11.5 Å². The molecule has 1 fully saturated rings. The molecule has 3 N–H and O–H groups in total. The number of hydrazine groups is 1. The van der Waals surface area contributed by atoms with Crippen LogP contribution in [-0.4, -0.2) is 13.2 Å². The number of nitrogens with one attached hydrogen (secondary N) is 1. The molecule has 1 atom stereocenters. The van der Waals surface area contributed by atoms with Crippen LogP contribution in [0.2, 0.25) is 0 Å². The Bertz CT molecular complexity index is 442. The summed E-state index contributed by atoms with van der Waals surface area (Å²) < 4.78 is 11.5. The maximum absolute atomic E-state index is 5.87. The first kappa shape index (κ1) is 13.7. The van der Waals surface area contributed by atoms with Crippen LogP contribution in [0.4, 0.5) is 0 Å². The van der Waals surface area contributed by atoms with Crippen molar-refractivity contribution in [1.82, 2.24) is 5.43 Å². The quantitative estimate of drug-likeness (QED) is 0.506. The normalized spacial score (nSPS) is 21.2. The van der Waals surface area contributed by atoms with Crippen LogP contribution in [-0.2, 0) is 0 Å². The Kier molecular flexibility index (Phi) is 4.43. The average Bonchev–Trinajstić information content (AvgIpc) is 2.78. The van der Waals surface area contributed by atoms with Crippen LogP contribution in [0.15, 0.2) is 18.2 Å². The Morgan fingerprint density at radius 1 is 1.05 bits per heavy atom. The second kappa shape index (κ2) is 6.46. The van der Waals surface area contributed by atoms with Crippen molar-refractivity contribution in [2.24, 2.45) is 11.8 Å². The highest BCUT2D eigenvalue weighted by molar-refractivity contribution is 5.49. The van der Waals surface area contributed by atoms with E-state index >= 15 is 0 Å². The van der Waals surface area contributed by atoms with Crippen LogP contribution >= 0.6 is 0 Å². The van der Waals surface area contributed by atoms with Crippen LogP contribution in [0.3, 0.4) is 0 Å². The zero-order valence-electron chi connectivity index (χ0n) is 11.9. The fourth-order valence-electron chi connectivity index (χ4n) is 3.47. The highest BCUT2D eigenvalue weighted by Crippen LogP contribution is 2.41. The van der Waals surface area contributed by atoms with E-state index in [1.54, 1.807) is 0 Å². The van der Waals surface area contributed by atoms with Gasteiger partial charge < -0.3 is 9.47 Å². The number of hydrogen-bond acceptors (Lipinski definition) is 4. The third kappa shape index (κ3) is 2.76. The minimum Gasteiger partial charge on any atom is -0.486 e. The highest BCUT2D eigenvalue weighted by Gasteiger charge is 2.28. The summed E-state index contributed by atoms with van der Waals surface area (Å²) in [5, 5.41) is 0. The van der Waals surface area contributed by atoms with Crippen molar-refractivity contribution in [3.8, 4) is 11.5 Å². The smallest absolute Gasteiger partial charge is 0.166 e. The summed E-state index contributed by atoms with van der Waals surface area (Å²) in [6, 6.07) is 6.27. The SMILES string of the molecule is NNC(c1cccc2c1OCCO2)C1CCCCCC1. The predicted octanol–water partition coefficient (Wildman–Crippen LogP) is 2.93. The Balaban J connectivity index is 1.88. The Morgan fingerprint density at radius 2 is 1.80 bits per heavy atom. The molecule has 1 aromatic carbocycles. The molecule has 1 heterocycles. The largest absolute Gasteiger partial charge is 0.486 e. The topological polar surface area (TPSA) is 56.5 Å². The molecule has 4 nitrogen and oxygen atoms in total. The Morgan fingerprint density at radius 3 is 2.55 bits per heavy atom. The maximum atomic E-state index is 5.87. The molecule has 0 saturated heterocycles. The van der Waals surface area contributed by atoms with Gasteiger partial charge in [-0.05, 0) is 24.8 Å². The summed E-state index contributed by atoms with van der Waals surface area (Å²) in [6.45, 7) is 1.24. The molecule has 0 spiro atoms. The average molecular weight is 276 g/mol. The molecule has 3 rings (SSSR count). The van der Waals surface area contributed by atoms with Gasteiger partial charge in [-0.15, -0.1) is 0 Å². The molecule has 110 valence electrons. The molecular formula is C16H24N2O2. The van der Waals surface area contributed by atoms with Crippen molar-refractivity contribution in [2.45, 2.75) is 44.6 Å². The van der Waals surface area contributed by atoms with Crippen molar-refractivity contribution in [2.75, 3.05) is 13.2 Å². The van der Waals surface area contributed by atoms with Gasteiger partial charge in [0.2, 0.25) is 0 Å². The molecular weight excluding hydrogens is 252 g/mol. The molecule has 0 bridgehead atoms. The Labute approximate surface area is 120 Å². The second-order valence-electron chi connectivity index (χ2n) is 5.77. The molecule has 1 saturated carbocycles. The molecule has 2 aliphatic rings. The van der Waals surface area contributed by atoms with E-state index in [1.165, 1.54) is 38.5 Å². The van der Waals surface area contributed by atoms with E-state index in [2.05, 4.69) is 11.5 Å². The zero-order valence-corrected chi connectivity index (χ0v) is 11.9. The summed E-state index contributed by atoms with van der Waals surface area (Å²) in [6.07, 6.45) is 7.77. The van der Waals surface area contributed by atoms with Gasteiger partial charge in [0.25, 0.3) is 0 Å². The molecule has 4 heteroatoms. The summed E-state index contributed by atoms with van der Waals surface area (Å²) >= 11 is 0. The number of rotatable bonds is 3. The van der Waals surface area contributed by atoms with E-state index in [-0.39, 0.29) is 6.04 Å². The first-order chi connectivity index (χ1) is 9.90. The standard InChI is InChI=1S/C16H24N2O2/c17-18-15(12-6-3-1-2-4-7-12)13-8-5-9-14-16(13)20-11-10-19-14/h5,8-9,12,15,18H,1-4,6-7,10-11,17H2. The van der Waals surface area contributed by atoms with Crippen LogP contribution < -0.4 is 20.7 Å². The maximum Gasteiger partial charge on any atom is 0.166 e. The van der Waals surface area contributed by atoms with Gasteiger partial charge in [0.05, 0.1) is 6.04 Å². The van der Waals surface area contributed by atoms with Crippen LogP contribution in [0, 0.1) is 5.92 Å². The fourth-order valence-corrected chi connectivity index (χ4v) is 3.47. The van der Waals surface area contributed by atoms with E-state index in [0.29, 0.717) is 19.1 Å². The van der Waals surface area contributed by atoms with Crippen molar-refractivity contribution >= 4 is 0 Å². The van der Waals surface area contributed by atoms with E-state index in [9.17, 15) is 0 Å². The number of nitrogens with two attached hydrogens (primary N) is 1. The van der Waals surface area contributed by atoms with E-state index in [0.717, 1.165) is 17.1 Å². The van der Waals surface area contributed by atoms with Gasteiger partial charge in [-0.1, -0.05) is 37.8 Å². The lowest BCUT2D eigenvalue weighted by Gasteiger charge is -2.29. The third-order valence-corrected chi connectivity index (χ3v) is 4.48. The molecule has 1 aliphatic carbocycles. The van der Waals surface area contributed by atoms with Gasteiger partial charge in [-0.2, -0.15) is 0 Å². The van der Waals surface area contributed by atoms with Gasteiger partial charge in [0.15, 0.2) is 11.5 Å². The lowest BCUT2D eigenvalue weighted by molar-refractivity contribution is 0.166. The van der Waals surface area contributed by atoms with E-state index in [1.807, 2.05) is 12.1 Å². The summed E-state index contributed by atoms with van der Waals surface area (Å²) in [5.41, 5.74) is 4.18. The first-order valence-electron chi connectivity index (χ1n) is 7.75. The monoisotopic (exact) mass is 276 g/mol. The van der Waals surface area contributed by atoms with Gasteiger partial charge in [-0.25, -0.2) is 0 Å². The molecule has 0 amide bonds. The van der Waals surface area contributed by atoms with Crippen molar-refractivity contribution in [3.63, 3.8) is 0 Å². The van der Waals surface area contributed by atoms with Crippen LogP contribution in [0.1, 0.15) is 50.1 Å². The predicted molar refractivity (Wildman–Crippen MR) is 78.7 cm³/mol. The van der Waals surface area contributed by atoms with E-state index in [4.69, 9.17) is 15.3 Å². The summed E-state index contributed by atoms with van der Waals surface area (Å²) in [7, 11) is 0. The van der Waals surface area contributed by atoms with Gasteiger partial charge in [0, 0.05) is 5.56 Å². The molecule has 20 heavy (non-hydrogen) atoms. The second-order valence-corrected chi connectivity index (χ2v) is 5.77. The lowest BCUT2D eigenvalue weighted by Crippen LogP contribution is -2.34. The summed E-state index contributed by atoms with van der Waals surface area (Å²) in [4.78, 5) is 0. The van der Waals surface area contributed by atoms with Gasteiger partial charge >= 0.3 is 0 Å². The summed E-state index contributed by atoms with van der Waals surface area (Å²) in [5.74, 6) is 8.19. The minimum absolute atomic E-state index is 0.157. The first-order valence-corrected chi connectivity index (χ1v) is 7.75. The lowest BCUT2D eigenvalue weighted by atomic mass is 9.87. The Hall–Kier alpha value is -1.26. The number of hydrogen-bond donors (Lipinski definition) is 2. The molecule has 1 aromatic rings. The number of benzene rings is 1. The third-order valence-electron chi connectivity index (χ3n) is 4.48. The van der Waals surface area contributed by atoms with Gasteiger partial charge in [-0.3, -0.25) is 11.3 Å². The number of fused-ring (bicyclic) bond motifs is 1. The number of ether oxygens (including phenoxy) is 2. The van der Waals surface area contributed by atoms with Crippen molar-refractivity contribution < 1.29 is 9.47 Å². The minimum atomic E-state index is 0.157. The van der Waals surface area contributed by atoms with Gasteiger partial charge in [0.1, 0.15) is 13.2 Å². The van der Waals surface area contributed by atoms with Crippen molar-refractivity contribution in [1.29, 1.82) is 0 Å². The number of para-hydroxylation sites is 1. The molecule has 0 aromatic heterocycles. The molecule has 1 aliphatic heterocycles. The van der Waals surface area contributed by atoms with Crippen LogP contribution in [0.25, 0.3) is 0 Å². The molecule has 1 unspecified atom stereocenters. The zero-order chi connectivity index (χ0) is 13.8. The van der Waals surface area contributed by atoms with E-state index < -0.39 is 0 Å². The highest BCUT2D eigenvalue weighted by atomic mass is 16.6. The van der Waals surface area contributed by atoms with Crippen molar-refractivity contribution in [3.05, 3.63) is 23.8 Å². The fraction of sp³-hybridized carbons (Fsp3) is 0.625. The molecule has 0 radical (unpaired) electrons.